The Labute approximate surface area is 203 Å². The molecule has 2 aliphatic carbocycles. The molecule has 1 fully saturated rings. The third kappa shape index (κ3) is 6.18. The summed E-state index contributed by atoms with van der Waals surface area (Å²) in [6, 6.07) is 4.37. The van der Waals surface area contributed by atoms with E-state index in [-0.39, 0.29) is 11.9 Å². The quantitative estimate of drug-likeness (QED) is 0.473. The lowest BCUT2D eigenvalue weighted by Gasteiger charge is -2.32. The Kier molecular flexibility index (Phi) is 9.12. The van der Waals surface area contributed by atoms with E-state index in [0.717, 1.165) is 48.3 Å². The number of ether oxygens (including phenoxy) is 2. The van der Waals surface area contributed by atoms with Gasteiger partial charge in [0.25, 0.3) is 0 Å². The number of aromatic nitrogens is 1. The molecule has 0 spiro atoms. The number of nitrogens with zero attached hydrogens (tertiary/aromatic N) is 3. The smallest absolute Gasteiger partial charge is 0.225 e. The van der Waals surface area contributed by atoms with E-state index >= 15 is 0 Å². The molecular formula is C27H38N4O3. The maximum atomic E-state index is 12.8. The minimum Gasteiger partial charge on any atom is -0.500 e. The Morgan fingerprint density at radius 3 is 2.71 bits per heavy atom. The van der Waals surface area contributed by atoms with Crippen molar-refractivity contribution >= 4 is 17.3 Å². The molecule has 7 nitrogen and oxygen atoms in total. The maximum Gasteiger partial charge on any atom is 0.225 e. The van der Waals surface area contributed by atoms with Gasteiger partial charge in [-0.2, -0.15) is 5.26 Å². The van der Waals surface area contributed by atoms with Gasteiger partial charge in [-0.25, -0.2) is 4.98 Å². The number of methoxy groups -OCH3 is 2. The third-order valence-electron chi connectivity index (χ3n) is 6.74. The Bertz CT molecular complexity index is 973. The number of pyridine rings is 1. The van der Waals surface area contributed by atoms with Crippen LogP contribution in [0.2, 0.25) is 0 Å². The van der Waals surface area contributed by atoms with Gasteiger partial charge < -0.3 is 19.7 Å². The molecule has 1 N–H and O–H groups in total. The summed E-state index contributed by atoms with van der Waals surface area (Å²) in [6.45, 7) is 7.78. The van der Waals surface area contributed by atoms with E-state index in [1.807, 2.05) is 11.0 Å². The predicted molar refractivity (Wildman–Crippen MR) is 134 cm³/mol. The van der Waals surface area contributed by atoms with Gasteiger partial charge in [0.2, 0.25) is 5.91 Å². The van der Waals surface area contributed by atoms with E-state index in [0.29, 0.717) is 49.3 Å². The molecule has 1 aromatic rings. The number of amides is 1. The molecule has 0 aromatic carbocycles. The summed E-state index contributed by atoms with van der Waals surface area (Å²) >= 11 is 0. The van der Waals surface area contributed by atoms with Crippen molar-refractivity contribution in [2.75, 3.05) is 39.2 Å². The monoisotopic (exact) mass is 466 g/mol. The van der Waals surface area contributed by atoms with Crippen LogP contribution in [0.3, 0.4) is 0 Å². The second-order valence-corrected chi connectivity index (χ2v) is 9.43. The molecule has 34 heavy (non-hydrogen) atoms. The second kappa shape index (κ2) is 12.0. The van der Waals surface area contributed by atoms with Crippen molar-refractivity contribution in [1.82, 2.24) is 9.88 Å². The van der Waals surface area contributed by atoms with Gasteiger partial charge in [0.1, 0.15) is 17.6 Å². The van der Waals surface area contributed by atoms with Gasteiger partial charge in [-0.1, -0.05) is 26.0 Å². The van der Waals surface area contributed by atoms with Gasteiger partial charge >= 0.3 is 0 Å². The number of hydrogen-bond donors (Lipinski definition) is 1. The van der Waals surface area contributed by atoms with Crippen molar-refractivity contribution in [1.29, 1.82) is 5.26 Å². The fourth-order valence-electron chi connectivity index (χ4n) is 4.27. The number of hydrogen-bond acceptors (Lipinski definition) is 6. The van der Waals surface area contributed by atoms with Gasteiger partial charge in [-0.15, -0.1) is 0 Å². The first-order valence-electron chi connectivity index (χ1n) is 12.3. The summed E-state index contributed by atoms with van der Waals surface area (Å²) in [7, 11) is 3.31. The van der Waals surface area contributed by atoms with E-state index < -0.39 is 0 Å². The zero-order chi connectivity index (χ0) is 24.7. The Hall–Kier alpha value is -2.85. The lowest BCUT2D eigenvalue weighted by molar-refractivity contribution is -0.134. The number of rotatable bonds is 12. The molecule has 1 saturated carbocycles. The average Bonchev–Trinajstić information content (AvgIpc) is 3.69. The standard InChI is InChI=1S/C27H38N4O3/c1-18(2)19(3)31(25(32)12-15-33-4)14-13-29-27-21(17-28)16-23(26(30-27)20-10-11-20)22-8-6-7-9-24(22)34-5/h6,8,16,18-20H,7,9-15H2,1-5H3,(H,29,30). The van der Waals surface area contributed by atoms with Crippen molar-refractivity contribution < 1.29 is 14.3 Å². The molecular weight excluding hydrogens is 428 g/mol. The Morgan fingerprint density at radius 2 is 2.09 bits per heavy atom. The number of carbonyl (C=O) groups excluding carboxylic acids is 1. The van der Waals surface area contributed by atoms with Crippen LogP contribution in [0.25, 0.3) is 5.57 Å². The minimum atomic E-state index is 0.0791. The molecule has 1 heterocycles. The SMILES string of the molecule is COCCC(=O)N(CCNc1nc(C2CC2)c(C2=C(OC)CCC=C2)cc1C#N)C(C)C(C)C. The molecule has 1 unspecified atom stereocenters. The summed E-state index contributed by atoms with van der Waals surface area (Å²) in [5, 5.41) is 13.2. The van der Waals surface area contributed by atoms with Crippen LogP contribution in [0, 0.1) is 17.2 Å². The number of nitriles is 1. The second-order valence-electron chi connectivity index (χ2n) is 9.43. The molecule has 0 saturated heterocycles. The first kappa shape index (κ1) is 25.8. The lowest BCUT2D eigenvalue weighted by Crippen LogP contribution is -2.44. The summed E-state index contributed by atoms with van der Waals surface area (Å²) in [5.74, 6) is 2.37. The highest BCUT2D eigenvalue weighted by Gasteiger charge is 2.31. The highest BCUT2D eigenvalue weighted by Crippen LogP contribution is 2.44. The fourth-order valence-corrected chi connectivity index (χ4v) is 4.27. The molecule has 184 valence electrons. The number of nitrogens with one attached hydrogen (secondary N) is 1. The van der Waals surface area contributed by atoms with Gasteiger partial charge in [0.15, 0.2) is 0 Å². The summed E-state index contributed by atoms with van der Waals surface area (Å²) < 4.78 is 10.8. The Morgan fingerprint density at radius 1 is 1.32 bits per heavy atom. The normalized spacial score (nSPS) is 16.4. The number of carbonyl (C=O) groups is 1. The summed E-state index contributed by atoms with van der Waals surface area (Å²) in [4.78, 5) is 19.6. The third-order valence-corrected chi connectivity index (χ3v) is 6.74. The molecule has 1 amide bonds. The molecule has 1 atom stereocenters. The first-order chi connectivity index (χ1) is 16.4. The van der Waals surface area contributed by atoms with Crippen LogP contribution < -0.4 is 5.32 Å². The van der Waals surface area contributed by atoms with Gasteiger partial charge in [0.05, 0.1) is 31.4 Å². The largest absolute Gasteiger partial charge is 0.500 e. The van der Waals surface area contributed by atoms with Crippen LogP contribution in [-0.2, 0) is 14.3 Å². The van der Waals surface area contributed by atoms with Crippen molar-refractivity contribution in [3.63, 3.8) is 0 Å². The molecule has 1 aromatic heterocycles. The first-order valence-corrected chi connectivity index (χ1v) is 12.3. The van der Waals surface area contributed by atoms with Crippen LogP contribution in [0.1, 0.15) is 75.6 Å². The van der Waals surface area contributed by atoms with E-state index in [9.17, 15) is 10.1 Å². The Balaban J connectivity index is 1.82. The zero-order valence-electron chi connectivity index (χ0n) is 21.2. The van der Waals surface area contributed by atoms with Crippen molar-refractivity contribution in [2.45, 2.75) is 64.8 Å². The summed E-state index contributed by atoms with van der Waals surface area (Å²) in [6.07, 6.45) is 8.64. The molecule has 2 aliphatic rings. The fraction of sp³-hybridized carbons (Fsp3) is 0.593. The average molecular weight is 467 g/mol. The van der Waals surface area contributed by atoms with Gasteiger partial charge in [0, 0.05) is 49.7 Å². The molecule has 0 bridgehead atoms. The lowest BCUT2D eigenvalue weighted by atomic mass is 9.94. The topological polar surface area (TPSA) is 87.5 Å². The van der Waals surface area contributed by atoms with E-state index in [1.54, 1.807) is 14.2 Å². The molecule has 0 aliphatic heterocycles. The molecule has 7 heteroatoms. The highest BCUT2D eigenvalue weighted by molar-refractivity contribution is 5.80. The molecule has 0 radical (unpaired) electrons. The number of anilines is 1. The predicted octanol–water partition coefficient (Wildman–Crippen LogP) is 4.86. The zero-order valence-corrected chi connectivity index (χ0v) is 21.2. The molecule has 3 rings (SSSR count). The van der Waals surface area contributed by atoms with Crippen LogP contribution in [0.4, 0.5) is 5.82 Å². The van der Waals surface area contributed by atoms with Crippen molar-refractivity contribution in [2.24, 2.45) is 5.92 Å². The van der Waals surface area contributed by atoms with E-state index in [1.165, 1.54) is 0 Å². The van der Waals surface area contributed by atoms with Crippen LogP contribution >= 0.6 is 0 Å². The highest BCUT2D eigenvalue weighted by atomic mass is 16.5. The maximum absolute atomic E-state index is 12.8. The van der Waals surface area contributed by atoms with Crippen molar-refractivity contribution in [3.8, 4) is 6.07 Å². The van der Waals surface area contributed by atoms with Gasteiger partial charge in [-0.3, -0.25) is 4.79 Å². The van der Waals surface area contributed by atoms with E-state index in [4.69, 9.17) is 14.5 Å². The van der Waals surface area contributed by atoms with Gasteiger partial charge in [-0.05, 0) is 38.2 Å². The number of allylic oxidation sites excluding steroid dienone is 4. The van der Waals surface area contributed by atoms with Crippen LogP contribution in [-0.4, -0.2) is 55.7 Å². The van der Waals surface area contributed by atoms with Crippen LogP contribution in [0.15, 0.2) is 24.0 Å². The van der Waals surface area contributed by atoms with E-state index in [2.05, 4.69) is 44.3 Å². The van der Waals surface area contributed by atoms with Crippen molar-refractivity contribution in [3.05, 3.63) is 40.8 Å². The van der Waals surface area contributed by atoms with Crippen LogP contribution in [0.5, 0.6) is 0 Å². The summed E-state index contributed by atoms with van der Waals surface area (Å²) in [5.41, 5.74) is 3.57. The minimum absolute atomic E-state index is 0.0791.